The quantitative estimate of drug-likeness (QED) is 0.306. The van der Waals surface area contributed by atoms with Gasteiger partial charge in [-0.3, -0.25) is 29.4 Å². The highest BCUT2D eigenvalue weighted by Gasteiger charge is 2.46. The highest BCUT2D eigenvalue weighted by Crippen LogP contribution is 2.36. The van der Waals surface area contributed by atoms with E-state index in [1.54, 1.807) is 0 Å². The second-order valence-corrected chi connectivity index (χ2v) is 10.4. The van der Waals surface area contributed by atoms with Crippen molar-refractivity contribution in [1.29, 1.82) is 0 Å². The zero-order valence-electron chi connectivity index (χ0n) is 19.4. The predicted octanol–water partition coefficient (Wildman–Crippen LogP) is 3.76. The first kappa shape index (κ1) is 24.9. The number of unbranched alkanes of at least 4 members (excludes halogenated alkanes) is 4. The molecule has 1 N–H and O–H groups in total. The van der Waals surface area contributed by atoms with E-state index in [-0.39, 0.29) is 28.9 Å². The minimum absolute atomic E-state index is 0.0428. The number of thioether (sulfide) groups is 1. The van der Waals surface area contributed by atoms with Crippen LogP contribution in [0.1, 0.15) is 84.9 Å². The van der Waals surface area contributed by atoms with Crippen LogP contribution in [-0.2, 0) is 9.59 Å². The Bertz CT molecular complexity index is 964. The number of fused-ring (bicyclic) bond motifs is 1. The monoisotopic (exact) mass is 489 g/mol. The van der Waals surface area contributed by atoms with Crippen LogP contribution in [0.25, 0.3) is 0 Å². The Balaban J connectivity index is 1.28. The number of imide groups is 2. The van der Waals surface area contributed by atoms with Gasteiger partial charge in [-0.2, -0.15) is 0 Å². The average Bonchev–Trinajstić information content (AvgIpc) is 3.07. The van der Waals surface area contributed by atoms with E-state index in [4.69, 9.17) is 0 Å². The fourth-order valence-electron chi connectivity index (χ4n) is 4.97. The Labute approximate surface area is 203 Å². The van der Waals surface area contributed by atoms with Crippen molar-refractivity contribution in [3.05, 3.63) is 29.1 Å². The number of hydrogen-bond acceptors (Lipinski definition) is 6. The van der Waals surface area contributed by atoms with E-state index in [1.165, 1.54) is 75.6 Å². The van der Waals surface area contributed by atoms with E-state index in [0.717, 1.165) is 24.2 Å². The number of rotatable bonds is 10. The van der Waals surface area contributed by atoms with Gasteiger partial charge in [0, 0.05) is 6.42 Å². The number of halogens is 1. The third-order valence-electron chi connectivity index (χ3n) is 6.83. The SMILES string of the molecule is O=C1CCC(N2C(=O)c3ccc(F)c(SCCCCCCCN4CCCCC4)c3C2=O)C(=O)N1. The van der Waals surface area contributed by atoms with Gasteiger partial charge in [0.2, 0.25) is 11.8 Å². The van der Waals surface area contributed by atoms with Gasteiger partial charge in [-0.1, -0.05) is 25.7 Å². The molecule has 3 aliphatic rings. The van der Waals surface area contributed by atoms with Gasteiger partial charge in [0.15, 0.2) is 0 Å². The zero-order chi connectivity index (χ0) is 24.1. The Morgan fingerprint density at radius 2 is 1.68 bits per heavy atom. The molecule has 0 aliphatic carbocycles. The number of nitrogens with one attached hydrogen (secondary N) is 1. The summed E-state index contributed by atoms with van der Waals surface area (Å²) in [5.74, 6) is -2.23. The lowest BCUT2D eigenvalue weighted by molar-refractivity contribution is -0.136. The molecule has 184 valence electrons. The molecule has 0 spiro atoms. The molecular formula is C25H32FN3O4S. The van der Waals surface area contributed by atoms with Gasteiger partial charge in [-0.15, -0.1) is 11.8 Å². The summed E-state index contributed by atoms with van der Waals surface area (Å²) < 4.78 is 14.7. The van der Waals surface area contributed by atoms with Crippen molar-refractivity contribution in [3.63, 3.8) is 0 Å². The van der Waals surface area contributed by atoms with Crippen LogP contribution in [0.15, 0.2) is 17.0 Å². The molecule has 0 bridgehead atoms. The number of likely N-dealkylation sites (tertiary alicyclic amines) is 1. The smallest absolute Gasteiger partial charge is 0.263 e. The molecule has 4 rings (SSSR count). The third kappa shape index (κ3) is 5.51. The molecule has 9 heteroatoms. The molecule has 34 heavy (non-hydrogen) atoms. The number of benzene rings is 1. The molecule has 0 saturated carbocycles. The van der Waals surface area contributed by atoms with Crippen molar-refractivity contribution in [1.82, 2.24) is 15.1 Å². The molecule has 3 aliphatic heterocycles. The molecule has 2 saturated heterocycles. The fourth-order valence-corrected chi connectivity index (χ4v) is 6.07. The van der Waals surface area contributed by atoms with E-state index in [2.05, 4.69) is 10.2 Å². The lowest BCUT2D eigenvalue weighted by atomic mass is 10.0. The largest absolute Gasteiger partial charge is 0.303 e. The second kappa shape index (κ2) is 11.4. The Hall–Kier alpha value is -2.26. The standard InChI is InChI=1S/C25H32FN3O4S/c26-18-10-9-17-21(25(33)29(24(17)32)19-11-12-20(30)27-23(19)31)22(18)34-16-8-3-1-2-5-13-28-14-6-4-7-15-28/h9-10,19H,1-8,11-16H2,(H,27,30,31). The van der Waals surface area contributed by atoms with Crippen molar-refractivity contribution >= 4 is 35.4 Å². The van der Waals surface area contributed by atoms with Gasteiger partial charge in [0.1, 0.15) is 11.9 Å². The summed E-state index contributed by atoms with van der Waals surface area (Å²) in [7, 11) is 0. The first-order chi connectivity index (χ1) is 16.5. The van der Waals surface area contributed by atoms with E-state index in [9.17, 15) is 23.6 Å². The van der Waals surface area contributed by atoms with Gasteiger partial charge in [0.05, 0.1) is 16.0 Å². The molecular weight excluding hydrogens is 457 g/mol. The van der Waals surface area contributed by atoms with Crippen LogP contribution >= 0.6 is 11.8 Å². The number of nitrogens with zero attached hydrogens (tertiary/aromatic N) is 2. The lowest BCUT2D eigenvalue weighted by Crippen LogP contribution is -2.54. The van der Waals surface area contributed by atoms with Crippen LogP contribution in [-0.4, -0.2) is 64.9 Å². The lowest BCUT2D eigenvalue weighted by Gasteiger charge is -2.27. The highest BCUT2D eigenvalue weighted by atomic mass is 32.2. The van der Waals surface area contributed by atoms with E-state index in [0.29, 0.717) is 5.75 Å². The average molecular weight is 490 g/mol. The predicted molar refractivity (Wildman–Crippen MR) is 127 cm³/mol. The molecule has 0 radical (unpaired) electrons. The second-order valence-electron chi connectivity index (χ2n) is 9.26. The van der Waals surface area contributed by atoms with Crippen molar-refractivity contribution < 1.29 is 23.6 Å². The van der Waals surface area contributed by atoms with E-state index in [1.807, 2.05) is 0 Å². The molecule has 0 aromatic heterocycles. The summed E-state index contributed by atoms with van der Waals surface area (Å²) in [5, 5.41) is 2.18. The maximum Gasteiger partial charge on any atom is 0.263 e. The molecule has 3 heterocycles. The first-order valence-electron chi connectivity index (χ1n) is 12.4. The van der Waals surface area contributed by atoms with Gasteiger partial charge in [0.25, 0.3) is 11.8 Å². The molecule has 1 unspecified atom stereocenters. The summed E-state index contributed by atoms with van der Waals surface area (Å²) in [4.78, 5) is 53.3. The molecule has 1 atom stereocenters. The van der Waals surface area contributed by atoms with Gasteiger partial charge >= 0.3 is 0 Å². The van der Waals surface area contributed by atoms with Crippen LogP contribution in [0, 0.1) is 5.82 Å². The molecule has 1 aromatic carbocycles. The Kier molecular flexibility index (Phi) is 8.37. The summed E-state index contributed by atoms with van der Waals surface area (Å²) in [6.07, 6.45) is 9.59. The number of hydrogen-bond donors (Lipinski definition) is 1. The van der Waals surface area contributed by atoms with Gasteiger partial charge < -0.3 is 4.90 Å². The number of piperidine rings is 2. The van der Waals surface area contributed by atoms with Crippen molar-refractivity contribution in [2.24, 2.45) is 0 Å². The van der Waals surface area contributed by atoms with Crippen LogP contribution in [0.5, 0.6) is 0 Å². The normalized spacial score (nSPS) is 21.2. The van der Waals surface area contributed by atoms with E-state index < -0.39 is 35.5 Å². The summed E-state index contributed by atoms with van der Waals surface area (Å²) in [5.41, 5.74) is 0.164. The number of amides is 4. The zero-order valence-corrected chi connectivity index (χ0v) is 20.3. The maximum absolute atomic E-state index is 14.7. The number of carbonyl (C=O) groups excluding carboxylic acids is 4. The number of carbonyl (C=O) groups is 4. The van der Waals surface area contributed by atoms with E-state index >= 15 is 0 Å². The van der Waals surface area contributed by atoms with Crippen molar-refractivity contribution in [2.45, 2.75) is 75.1 Å². The Morgan fingerprint density at radius 1 is 0.941 bits per heavy atom. The van der Waals surface area contributed by atoms with Gasteiger partial charge in [-0.05, 0) is 69.6 Å². The van der Waals surface area contributed by atoms with Crippen LogP contribution in [0.3, 0.4) is 0 Å². The molecule has 4 amide bonds. The summed E-state index contributed by atoms with van der Waals surface area (Å²) >= 11 is 1.26. The van der Waals surface area contributed by atoms with Crippen LogP contribution in [0.2, 0.25) is 0 Å². The highest BCUT2D eigenvalue weighted by molar-refractivity contribution is 7.99. The summed E-state index contributed by atoms with van der Waals surface area (Å²) in [6, 6.07) is 1.47. The topological polar surface area (TPSA) is 86.8 Å². The van der Waals surface area contributed by atoms with Crippen molar-refractivity contribution in [2.75, 3.05) is 25.4 Å². The maximum atomic E-state index is 14.7. The van der Waals surface area contributed by atoms with Crippen LogP contribution in [0.4, 0.5) is 4.39 Å². The third-order valence-corrected chi connectivity index (χ3v) is 8.01. The fraction of sp³-hybridized carbons (Fsp3) is 0.600. The molecule has 7 nitrogen and oxygen atoms in total. The minimum atomic E-state index is -1.05. The first-order valence-corrected chi connectivity index (χ1v) is 13.3. The van der Waals surface area contributed by atoms with Gasteiger partial charge in [-0.25, -0.2) is 4.39 Å². The van der Waals surface area contributed by atoms with Crippen LogP contribution < -0.4 is 5.32 Å². The Morgan fingerprint density at radius 3 is 2.44 bits per heavy atom. The van der Waals surface area contributed by atoms with Crippen molar-refractivity contribution in [3.8, 4) is 0 Å². The summed E-state index contributed by atoms with van der Waals surface area (Å²) in [6.45, 7) is 3.63. The minimum Gasteiger partial charge on any atom is -0.303 e. The molecule has 1 aromatic rings. The molecule has 2 fully saturated rings.